The molecule has 17 heavy (non-hydrogen) atoms. The Morgan fingerprint density at radius 3 is 3.06 bits per heavy atom. The number of nitrogens with one attached hydrogen (secondary N) is 2. The topological polar surface area (TPSA) is 83.8 Å². The van der Waals surface area contributed by atoms with Crippen LogP contribution in [0.15, 0.2) is 30.6 Å². The molecule has 0 atom stereocenters. The van der Waals surface area contributed by atoms with Crippen molar-refractivity contribution in [3.05, 3.63) is 47.5 Å². The van der Waals surface area contributed by atoms with Gasteiger partial charge in [0.2, 0.25) is 0 Å². The van der Waals surface area contributed by atoms with E-state index in [4.69, 9.17) is 5.73 Å². The summed E-state index contributed by atoms with van der Waals surface area (Å²) in [6, 6.07) is 3.88. The molecule has 5 nitrogen and oxygen atoms in total. The van der Waals surface area contributed by atoms with Crippen molar-refractivity contribution in [1.29, 1.82) is 0 Å². The number of nitrogen functional groups attached to an aromatic ring is 1. The van der Waals surface area contributed by atoms with E-state index in [1.165, 1.54) is 18.2 Å². The summed E-state index contributed by atoms with van der Waals surface area (Å²) in [4.78, 5) is 11.7. The summed E-state index contributed by atoms with van der Waals surface area (Å²) in [5.41, 5.74) is 6.59. The Morgan fingerprint density at radius 2 is 2.35 bits per heavy atom. The Hall–Kier alpha value is -2.37. The van der Waals surface area contributed by atoms with Crippen molar-refractivity contribution < 1.29 is 9.18 Å². The van der Waals surface area contributed by atoms with Crippen LogP contribution in [-0.2, 0) is 6.54 Å². The molecule has 1 heterocycles. The second-order valence-corrected chi connectivity index (χ2v) is 3.53. The Labute approximate surface area is 96.8 Å². The summed E-state index contributed by atoms with van der Waals surface area (Å²) < 4.78 is 13.4. The first-order chi connectivity index (χ1) is 8.16. The molecule has 2 rings (SSSR count). The van der Waals surface area contributed by atoms with Gasteiger partial charge in [-0.15, -0.1) is 0 Å². The molecule has 6 heteroatoms. The number of halogens is 1. The third kappa shape index (κ3) is 2.60. The van der Waals surface area contributed by atoms with Crippen LogP contribution in [0.3, 0.4) is 0 Å². The number of rotatable bonds is 3. The molecule has 1 aromatic heterocycles. The number of nitrogens with zero attached hydrogens (tertiary/aromatic N) is 1. The average molecular weight is 234 g/mol. The Kier molecular flexibility index (Phi) is 3.04. The molecule has 0 aliphatic carbocycles. The third-order valence-electron chi connectivity index (χ3n) is 2.24. The van der Waals surface area contributed by atoms with Crippen molar-refractivity contribution in [3.8, 4) is 0 Å². The predicted octanol–water partition coefficient (Wildman–Crippen LogP) is 1.06. The molecule has 0 aliphatic rings. The van der Waals surface area contributed by atoms with Gasteiger partial charge in [0, 0.05) is 24.0 Å². The van der Waals surface area contributed by atoms with Crippen molar-refractivity contribution in [2.24, 2.45) is 0 Å². The second kappa shape index (κ2) is 4.65. The van der Waals surface area contributed by atoms with E-state index in [-0.39, 0.29) is 12.1 Å². The Bertz CT molecular complexity index is 524. The van der Waals surface area contributed by atoms with Crippen LogP contribution in [0.4, 0.5) is 10.1 Å². The van der Waals surface area contributed by atoms with Gasteiger partial charge in [-0.2, -0.15) is 5.10 Å². The van der Waals surface area contributed by atoms with E-state index in [0.717, 1.165) is 5.56 Å². The van der Waals surface area contributed by atoms with Gasteiger partial charge in [-0.1, -0.05) is 0 Å². The number of aromatic nitrogens is 2. The minimum atomic E-state index is -0.594. The van der Waals surface area contributed by atoms with Gasteiger partial charge < -0.3 is 11.1 Å². The number of nitrogens with two attached hydrogens (primary N) is 1. The maximum atomic E-state index is 13.4. The van der Waals surface area contributed by atoms with Gasteiger partial charge in [0.05, 0.1) is 11.8 Å². The summed E-state index contributed by atoms with van der Waals surface area (Å²) in [5.74, 6) is -1.10. The molecule has 2 aromatic rings. The fourth-order valence-electron chi connectivity index (χ4n) is 1.37. The number of benzene rings is 1. The first-order valence-electron chi connectivity index (χ1n) is 4.97. The first-order valence-corrected chi connectivity index (χ1v) is 4.97. The summed E-state index contributed by atoms with van der Waals surface area (Å²) in [6.45, 7) is 0.281. The highest BCUT2D eigenvalue weighted by Gasteiger charge is 2.11. The number of carbonyl (C=O) groups is 1. The van der Waals surface area contributed by atoms with Crippen molar-refractivity contribution in [2.75, 3.05) is 5.73 Å². The van der Waals surface area contributed by atoms with Crippen LogP contribution in [0.5, 0.6) is 0 Å². The summed E-state index contributed by atoms with van der Waals surface area (Å²) in [7, 11) is 0. The van der Waals surface area contributed by atoms with E-state index >= 15 is 0 Å². The fourth-order valence-corrected chi connectivity index (χ4v) is 1.37. The van der Waals surface area contributed by atoms with Gasteiger partial charge in [-0.05, 0) is 18.2 Å². The summed E-state index contributed by atoms with van der Waals surface area (Å²) >= 11 is 0. The normalized spacial score (nSPS) is 10.2. The second-order valence-electron chi connectivity index (χ2n) is 3.53. The van der Waals surface area contributed by atoms with Crippen molar-refractivity contribution >= 4 is 11.6 Å². The van der Waals surface area contributed by atoms with Crippen LogP contribution in [0.1, 0.15) is 15.9 Å². The molecule has 4 N–H and O–H groups in total. The smallest absolute Gasteiger partial charge is 0.254 e. The van der Waals surface area contributed by atoms with Crippen LogP contribution in [0.25, 0.3) is 0 Å². The molecule has 0 fully saturated rings. The SMILES string of the molecule is Nc1ccc(F)c(C(=O)NCc2cn[nH]c2)c1. The van der Waals surface area contributed by atoms with Gasteiger partial charge in [-0.3, -0.25) is 9.89 Å². The number of hydrogen-bond donors (Lipinski definition) is 3. The molecular weight excluding hydrogens is 223 g/mol. The zero-order valence-corrected chi connectivity index (χ0v) is 8.90. The van der Waals surface area contributed by atoms with Gasteiger partial charge in [-0.25, -0.2) is 4.39 Å². The summed E-state index contributed by atoms with van der Waals surface area (Å²) in [5, 5.41) is 8.93. The van der Waals surface area contributed by atoms with E-state index in [2.05, 4.69) is 15.5 Å². The zero-order chi connectivity index (χ0) is 12.3. The van der Waals surface area contributed by atoms with Gasteiger partial charge in [0.1, 0.15) is 5.82 Å². The van der Waals surface area contributed by atoms with Crippen LogP contribution >= 0.6 is 0 Å². The lowest BCUT2D eigenvalue weighted by Crippen LogP contribution is -2.23. The molecule has 1 amide bonds. The lowest BCUT2D eigenvalue weighted by Gasteiger charge is -2.05. The quantitative estimate of drug-likeness (QED) is 0.694. The molecular formula is C11H11FN4O. The molecule has 88 valence electrons. The predicted molar refractivity (Wildman–Crippen MR) is 60.6 cm³/mol. The minimum absolute atomic E-state index is 0.0616. The van der Waals surface area contributed by atoms with E-state index in [1.54, 1.807) is 12.4 Å². The molecule has 0 spiro atoms. The molecule has 0 bridgehead atoms. The molecule has 0 saturated carbocycles. The maximum Gasteiger partial charge on any atom is 0.254 e. The van der Waals surface area contributed by atoms with Crippen LogP contribution < -0.4 is 11.1 Å². The van der Waals surface area contributed by atoms with Gasteiger partial charge in [0.15, 0.2) is 0 Å². The molecule has 1 aromatic carbocycles. The van der Waals surface area contributed by atoms with E-state index in [1.807, 2.05) is 0 Å². The Morgan fingerprint density at radius 1 is 1.53 bits per heavy atom. The van der Waals surface area contributed by atoms with Gasteiger partial charge >= 0.3 is 0 Å². The van der Waals surface area contributed by atoms with Crippen LogP contribution in [0.2, 0.25) is 0 Å². The number of hydrogen-bond acceptors (Lipinski definition) is 3. The number of H-pyrrole nitrogens is 1. The molecule has 0 unspecified atom stereocenters. The van der Waals surface area contributed by atoms with Crippen LogP contribution in [0, 0.1) is 5.82 Å². The number of amides is 1. The fraction of sp³-hybridized carbons (Fsp3) is 0.0909. The number of aromatic amines is 1. The van der Waals surface area contributed by atoms with E-state index in [0.29, 0.717) is 5.69 Å². The number of anilines is 1. The van der Waals surface area contributed by atoms with Crippen molar-refractivity contribution in [3.63, 3.8) is 0 Å². The molecule has 0 radical (unpaired) electrons. The van der Waals surface area contributed by atoms with Gasteiger partial charge in [0.25, 0.3) is 5.91 Å². The van der Waals surface area contributed by atoms with Crippen molar-refractivity contribution in [2.45, 2.75) is 6.54 Å². The third-order valence-corrected chi connectivity index (χ3v) is 2.24. The van der Waals surface area contributed by atoms with E-state index < -0.39 is 11.7 Å². The summed E-state index contributed by atoms with van der Waals surface area (Å²) in [6.07, 6.45) is 3.23. The lowest BCUT2D eigenvalue weighted by molar-refractivity contribution is 0.0947. The number of carbonyl (C=O) groups excluding carboxylic acids is 1. The molecule has 0 aliphatic heterocycles. The highest BCUT2D eigenvalue weighted by Crippen LogP contribution is 2.11. The largest absolute Gasteiger partial charge is 0.399 e. The van der Waals surface area contributed by atoms with E-state index in [9.17, 15) is 9.18 Å². The lowest BCUT2D eigenvalue weighted by atomic mass is 10.1. The zero-order valence-electron chi connectivity index (χ0n) is 8.90. The highest BCUT2D eigenvalue weighted by molar-refractivity contribution is 5.95. The van der Waals surface area contributed by atoms with Crippen LogP contribution in [-0.4, -0.2) is 16.1 Å². The monoisotopic (exact) mass is 234 g/mol. The maximum absolute atomic E-state index is 13.4. The molecule has 0 saturated heterocycles. The average Bonchev–Trinajstić information content (AvgIpc) is 2.82. The Balaban J connectivity index is 2.07. The standard InChI is InChI=1S/C11H11FN4O/c12-10-2-1-8(13)3-9(10)11(17)14-4-7-5-15-16-6-7/h1-3,5-6H,4,13H2,(H,14,17)(H,15,16). The first kappa shape index (κ1) is 11.1. The minimum Gasteiger partial charge on any atom is -0.399 e. The van der Waals surface area contributed by atoms with Crippen molar-refractivity contribution in [1.82, 2.24) is 15.5 Å². The highest BCUT2D eigenvalue weighted by atomic mass is 19.1.